The molecule has 13 heavy (non-hydrogen) atoms. The maximum atomic E-state index is 9.03. The zero-order valence-electron chi connectivity index (χ0n) is 7.17. The highest BCUT2D eigenvalue weighted by molar-refractivity contribution is 9.10. The molecule has 1 N–H and O–H groups in total. The molecule has 0 spiro atoms. The third kappa shape index (κ3) is 1.38. The third-order valence-corrected chi connectivity index (χ3v) is 2.53. The molecule has 0 saturated heterocycles. The van der Waals surface area contributed by atoms with Gasteiger partial charge in [0.15, 0.2) is 0 Å². The smallest absolute Gasteiger partial charge is 0.137 e. The largest absolute Gasteiger partial charge is 0.464 e. The van der Waals surface area contributed by atoms with Crippen LogP contribution in [0.15, 0.2) is 27.3 Å². The van der Waals surface area contributed by atoms with Gasteiger partial charge in [0.1, 0.15) is 5.58 Å². The normalized spacial score (nSPS) is 11.0. The van der Waals surface area contributed by atoms with Crippen molar-refractivity contribution in [3.05, 3.63) is 34.0 Å². The molecule has 3 heteroatoms. The molecular formula is C10H9BrO2. The summed E-state index contributed by atoms with van der Waals surface area (Å²) in [5, 5.41) is 10.0. The van der Waals surface area contributed by atoms with E-state index in [1.165, 1.54) is 0 Å². The average molecular weight is 241 g/mol. The highest BCUT2D eigenvalue weighted by Gasteiger charge is 2.07. The van der Waals surface area contributed by atoms with Crippen LogP contribution in [0.25, 0.3) is 11.0 Å². The van der Waals surface area contributed by atoms with Crippen LogP contribution in [0.3, 0.4) is 0 Å². The quantitative estimate of drug-likeness (QED) is 0.832. The Bertz CT molecular complexity index is 445. The number of benzene rings is 1. The van der Waals surface area contributed by atoms with Gasteiger partial charge >= 0.3 is 0 Å². The molecular weight excluding hydrogens is 232 g/mol. The maximum Gasteiger partial charge on any atom is 0.137 e. The van der Waals surface area contributed by atoms with Gasteiger partial charge in [-0.05, 0) is 24.6 Å². The molecule has 2 aromatic rings. The highest BCUT2D eigenvalue weighted by atomic mass is 79.9. The number of aliphatic hydroxyl groups excluding tert-OH is 1. The lowest BCUT2D eigenvalue weighted by molar-refractivity contribution is 0.281. The van der Waals surface area contributed by atoms with Gasteiger partial charge in [-0.15, -0.1) is 0 Å². The Morgan fingerprint density at radius 1 is 1.46 bits per heavy atom. The number of fused-ring (bicyclic) bond motifs is 1. The van der Waals surface area contributed by atoms with Crippen molar-refractivity contribution in [2.45, 2.75) is 13.5 Å². The first-order valence-electron chi connectivity index (χ1n) is 3.99. The van der Waals surface area contributed by atoms with E-state index >= 15 is 0 Å². The van der Waals surface area contributed by atoms with Gasteiger partial charge in [-0.25, -0.2) is 0 Å². The summed E-state index contributed by atoms with van der Waals surface area (Å²) in [6, 6.07) is 3.95. The lowest BCUT2D eigenvalue weighted by atomic mass is 10.1. The first kappa shape index (κ1) is 8.78. The van der Waals surface area contributed by atoms with Crippen LogP contribution in [0.1, 0.15) is 11.1 Å². The summed E-state index contributed by atoms with van der Waals surface area (Å²) in [6.07, 6.45) is 1.60. The number of halogens is 1. The first-order chi connectivity index (χ1) is 6.22. The SMILES string of the molecule is Cc1cc(Br)cc2c(CO)coc12. The Balaban J connectivity index is 2.82. The first-order valence-corrected chi connectivity index (χ1v) is 4.78. The minimum atomic E-state index is 0.0168. The highest BCUT2D eigenvalue weighted by Crippen LogP contribution is 2.28. The maximum absolute atomic E-state index is 9.03. The minimum absolute atomic E-state index is 0.0168. The minimum Gasteiger partial charge on any atom is -0.464 e. The van der Waals surface area contributed by atoms with E-state index < -0.39 is 0 Å². The molecule has 0 fully saturated rings. The Morgan fingerprint density at radius 3 is 2.92 bits per heavy atom. The summed E-state index contributed by atoms with van der Waals surface area (Å²) >= 11 is 3.41. The fourth-order valence-electron chi connectivity index (χ4n) is 1.44. The standard InChI is InChI=1S/C10H9BrO2/c1-6-2-8(11)3-9-7(4-12)5-13-10(6)9/h2-3,5,12H,4H2,1H3. The van der Waals surface area contributed by atoms with Gasteiger partial charge in [0, 0.05) is 15.4 Å². The van der Waals surface area contributed by atoms with Crippen LogP contribution in [0.5, 0.6) is 0 Å². The second kappa shape index (κ2) is 3.16. The fourth-order valence-corrected chi connectivity index (χ4v) is 2.01. The molecule has 0 unspecified atom stereocenters. The van der Waals surface area contributed by atoms with Crippen LogP contribution < -0.4 is 0 Å². The van der Waals surface area contributed by atoms with Crippen molar-refractivity contribution < 1.29 is 9.52 Å². The Morgan fingerprint density at radius 2 is 2.23 bits per heavy atom. The summed E-state index contributed by atoms with van der Waals surface area (Å²) in [5.41, 5.74) is 2.76. The van der Waals surface area contributed by atoms with Crippen molar-refractivity contribution in [3.63, 3.8) is 0 Å². The zero-order chi connectivity index (χ0) is 9.42. The molecule has 1 aromatic carbocycles. The molecule has 0 radical (unpaired) electrons. The predicted molar refractivity (Wildman–Crippen MR) is 54.6 cm³/mol. The van der Waals surface area contributed by atoms with E-state index in [4.69, 9.17) is 9.52 Å². The van der Waals surface area contributed by atoms with Gasteiger partial charge in [0.2, 0.25) is 0 Å². The van der Waals surface area contributed by atoms with E-state index in [1.54, 1.807) is 6.26 Å². The molecule has 1 aromatic heterocycles. The third-order valence-electron chi connectivity index (χ3n) is 2.07. The lowest BCUT2D eigenvalue weighted by Crippen LogP contribution is -1.80. The van der Waals surface area contributed by atoms with Gasteiger partial charge < -0.3 is 9.52 Å². The second-order valence-electron chi connectivity index (χ2n) is 3.02. The number of furan rings is 1. The summed E-state index contributed by atoms with van der Waals surface area (Å²) in [5.74, 6) is 0. The van der Waals surface area contributed by atoms with Crippen molar-refractivity contribution in [2.75, 3.05) is 0 Å². The van der Waals surface area contributed by atoms with Crippen LogP contribution in [0, 0.1) is 6.92 Å². The van der Waals surface area contributed by atoms with Gasteiger partial charge in [0.25, 0.3) is 0 Å². The molecule has 0 atom stereocenters. The lowest BCUT2D eigenvalue weighted by Gasteiger charge is -1.97. The number of hydrogen-bond acceptors (Lipinski definition) is 2. The zero-order valence-corrected chi connectivity index (χ0v) is 8.76. The van der Waals surface area contributed by atoms with E-state index in [9.17, 15) is 0 Å². The molecule has 0 amide bonds. The Hall–Kier alpha value is -0.800. The van der Waals surface area contributed by atoms with Crippen molar-refractivity contribution >= 4 is 26.9 Å². The molecule has 0 aliphatic carbocycles. The summed E-state index contributed by atoms with van der Waals surface area (Å²) < 4.78 is 6.35. The predicted octanol–water partition coefficient (Wildman–Crippen LogP) is 3.00. The molecule has 2 rings (SSSR count). The number of rotatable bonds is 1. The molecule has 0 aliphatic rings. The van der Waals surface area contributed by atoms with Crippen LogP contribution in [-0.2, 0) is 6.61 Å². The van der Waals surface area contributed by atoms with Crippen molar-refractivity contribution in [1.29, 1.82) is 0 Å². The van der Waals surface area contributed by atoms with Gasteiger partial charge in [-0.3, -0.25) is 0 Å². The number of aryl methyl sites for hydroxylation is 1. The molecule has 0 saturated carbocycles. The van der Waals surface area contributed by atoms with Crippen LogP contribution in [0.4, 0.5) is 0 Å². The van der Waals surface area contributed by atoms with Crippen molar-refractivity contribution in [2.24, 2.45) is 0 Å². The number of aliphatic hydroxyl groups is 1. The summed E-state index contributed by atoms with van der Waals surface area (Å²) in [6.45, 7) is 2.00. The monoisotopic (exact) mass is 240 g/mol. The van der Waals surface area contributed by atoms with Gasteiger partial charge in [-0.2, -0.15) is 0 Å². The fraction of sp³-hybridized carbons (Fsp3) is 0.200. The van der Waals surface area contributed by atoms with Crippen molar-refractivity contribution in [3.8, 4) is 0 Å². The van der Waals surface area contributed by atoms with E-state index in [0.29, 0.717) is 0 Å². The Labute approximate surface area is 84.3 Å². The summed E-state index contributed by atoms with van der Waals surface area (Å²) in [7, 11) is 0. The van der Waals surface area contributed by atoms with Crippen LogP contribution >= 0.6 is 15.9 Å². The van der Waals surface area contributed by atoms with E-state index in [2.05, 4.69) is 15.9 Å². The van der Waals surface area contributed by atoms with Crippen LogP contribution in [-0.4, -0.2) is 5.11 Å². The van der Waals surface area contributed by atoms with Gasteiger partial charge in [-0.1, -0.05) is 15.9 Å². The second-order valence-corrected chi connectivity index (χ2v) is 3.93. The van der Waals surface area contributed by atoms with E-state index in [-0.39, 0.29) is 6.61 Å². The molecule has 0 bridgehead atoms. The van der Waals surface area contributed by atoms with Crippen molar-refractivity contribution in [1.82, 2.24) is 0 Å². The molecule has 0 aliphatic heterocycles. The molecule has 2 nitrogen and oxygen atoms in total. The average Bonchev–Trinajstić information content (AvgIpc) is 2.47. The number of hydrogen-bond donors (Lipinski definition) is 1. The van der Waals surface area contributed by atoms with Crippen LogP contribution in [0.2, 0.25) is 0 Å². The topological polar surface area (TPSA) is 33.4 Å². The van der Waals surface area contributed by atoms with Gasteiger partial charge in [0.05, 0.1) is 12.9 Å². The molecule has 68 valence electrons. The summed E-state index contributed by atoms with van der Waals surface area (Å²) in [4.78, 5) is 0. The van der Waals surface area contributed by atoms with E-state index in [1.807, 2.05) is 19.1 Å². The van der Waals surface area contributed by atoms with E-state index in [0.717, 1.165) is 26.6 Å². The Kier molecular flexibility index (Phi) is 2.14. The molecule has 1 heterocycles.